The number of nitrogens with one attached hydrogen (secondary N) is 1. The Bertz CT molecular complexity index is 364. The van der Waals surface area contributed by atoms with E-state index in [1.807, 2.05) is 13.8 Å². The van der Waals surface area contributed by atoms with Gasteiger partial charge in [-0.1, -0.05) is 39.0 Å². The molecule has 0 atom stereocenters. The summed E-state index contributed by atoms with van der Waals surface area (Å²) in [6, 6.07) is 0.638. The van der Waals surface area contributed by atoms with E-state index in [2.05, 4.69) is 27.2 Å². The summed E-state index contributed by atoms with van der Waals surface area (Å²) in [5.74, 6) is 0.494. The first-order chi connectivity index (χ1) is 10.3. The van der Waals surface area contributed by atoms with E-state index in [4.69, 9.17) is 9.47 Å². The maximum absolute atomic E-state index is 5.60. The molecule has 120 valence electrons. The zero-order chi connectivity index (χ0) is 15.3. The van der Waals surface area contributed by atoms with Gasteiger partial charge in [0, 0.05) is 6.54 Å². The second-order valence-electron chi connectivity index (χ2n) is 4.80. The molecular formula is C15H28N4O2. The Labute approximate surface area is 127 Å². The van der Waals surface area contributed by atoms with Crippen LogP contribution < -0.4 is 14.8 Å². The summed E-state index contributed by atoms with van der Waals surface area (Å²) in [7, 11) is 0. The van der Waals surface area contributed by atoms with Gasteiger partial charge in [-0.2, -0.15) is 9.97 Å². The van der Waals surface area contributed by atoms with Crippen LogP contribution >= 0.6 is 0 Å². The highest BCUT2D eigenvalue weighted by atomic mass is 16.5. The van der Waals surface area contributed by atoms with Crippen LogP contribution in [-0.2, 0) is 0 Å². The molecule has 1 heterocycles. The van der Waals surface area contributed by atoms with Crippen molar-refractivity contribution in [3.8, 4) is 12.0 Å². The van der Waals surface area contributed by atoms with Gasteiger partial charge in [0.05, 0.1) is 13.2 Å². The van der Waals surface area contributed by atoms with Crippen molar-refractivity contribution in [3.63, 3.8) is 0 Å². The lowest BCUT2D eigenvalue weighted by Gasteiger charge is -2.08. The molecule has 0 bridgehead atoms. The van der Waals surface area contributed by atoms with E-state index in [1.165, 1.54) is 32.1 Å². The van der Waals surface area contributed by atoms with Crippen molar-refractivity contribution in [1.82, 2.24) is 15.0 Å². The zero-order valence-electron chi connectivity index (χ0n) is 13.5. The average molecular weight is 296 g/mol. The second kappa shape index (κ2) is 11.1. The molecule has 21 heavy (non-hydrogen) atoms. The topological polar surface area (TPSA) is 69.2 Å². The van der Waals surface area contributed by atoms with Crippen molar-refractivity contribution in [2.24, 2.45) is 0 Å². The first-order valence-corrected chi connectivity index (χ1v) is 8.05. The third kappa shape index (κ3) is 7.68. The molecule has 0 aliphatic heterocycles. The maximum Gasteiger partial charge on any atom is 0.324 e. The van der Waals surface area contributed by atoms with Crippen molar-refractivity contribution in [3.05, 3.63) is 0 Å². The van der Waals surface area contributed by atoms with Gasteiger partial charge in [-0.05, 0) is 20.3 Å². The summed E-state index contributed by atoms with van der Waals surface area (Å²) in [6.45, 7) is 8.00. The molecule has 0 saturated carbocycles. The largest absolute Gasteiger partial charge is 0.464 e. The van der Waals surface area contributed by atoms with Gasteiger partial charge in [-0.3, -0.25) is 0 Å². The molecule has 6 nitrogen and oxygen atoms in total. The highest BCUT2D eigenvalue weighted by Gasteiger charge is 2.07. The van der Waals surface area contributed by atoms with Gasteiger partial charge in [0.1, 0.15) is 0 Å². The minimum absolute atomic E-state index is 0.307. The van der Waals surface area contributed by atoms with Crippen molar-refractivity contribution in [2.45, 2.75) is 59.3 Å². The van der Waals surface area contributed by atoms with Crippen molar-refractivity contribution < 1.29 is 9.47 Å². The smallest absolute Gasteiger partial charge is 0.324 e. The molecule has 0 amide bonds. The Kier molecular flexibility index (Phi) is 9.24. The number of aromatic nitrogens is 3. The Balaban J connectivity index is 2.38. The SMILES string of the molecule is CCCCCCCCOc1nc(NCC)nc(OCC)n1. The van der Waals surface area contributed by atoms with Crippen LogP contribution in [0.15, 0.2) is 0 Å². The summed E-state index contributed by atoms with van der Waals surface area (Å²) in [6.07, 6.45) is 7.37. The van der Waals surface area contributed by atoms with Crippen LogP contribution in [0, 0.1) is 0 Å². The normalized spacial score (nSPS) is 10.4. The summed E-state index contributed by atoms with van der Waals surface area (Å²) in [5, 5.41) is 3.05. The fourth-order valence-corrected chi connectivity index (χ4v) is 1.88. The second-order valence-corrected chi connectivity index (χ2v) is 4.80. The predicted octanol–water partition coefficient (Wildman–Crippen LogP) is 3.44. The standard InChI is InChI=1S/C15H28N4O2/c1-4-7-8-9-10-11-12-21-15-18-13(16-5-2)17-14(19-15)20-6-3/h4-12H2,1-3H3,(H,16,17,18,19). The quantitative estimate of drug-likeness (QED) is 0.596. The monoisotopic (exact) mass is 296 g/mol. The van der Waals surface area contributed by atoms with Crippen molar-refractivity contribution >= 4 is 5.95 Å². The van der Waals surface area contributed by atoms with E-state index >= 15 is 0 Å². The fourth-order valence-electron chi connectivity index (χ4n) is 1.88. The Morgan fingerprint density at radius 1 is 0.810 bits per heavy atom. The molecule has 0 radical (unpaired) electrons. The van der Waals surface area contributed by atoms with Gasteiger partial charge in [0.15, 0.2) is 0 Å². The number of unbranched alkanes of at least 4 members (excludes halogenated alkanes) is 5. The minimum Gasteiger partial charge on any atom is -0.464 e. The van der Waals surface area contributed by atoms with E-state index in [-0.39, 0.29) is 0 Å². The number of anilines is 1. The fraction of sp³-hybridized carbons (Fsp3) is 0.800. The third-order valence-corrected chi connectivity index (χ3v) is 2.93. The van der Waals surface area contributed by atoms with Crippen LogP contribution in [0.1, 0.15) is 59.3 Å². The zero-order valence-corrected chi connectivity index (χ0v) is 13.5. The predicted molar refractivity (Wildman–Crippen MR) is 84.0 cm³/mol. The summed E-state index contributed by atoms with van der Waals surface area (Å²) >= 11 is 0. The van der Waals surface area contributed by atoms with Crippen LogP contribution in [0.5, 0.6) is 12.0 Å². The maximum atomic E-state index is 5.60. The van der Waals surface area contributed by atoms with E-state index in [0.717, 1.165) is 13.0 Å². The molecule has 0 spiro atoms. The van der Waals surface area contributed by atoms with E-state index in [0.29, 0.717) is 31.2 Å². The highest BCUT2D eigenvalue weighted by Crippen LogP contribution is 2.13. The lowest BCUT2D eigenvalue weighted by atomic mass is 10.1. The average Bonchev–Trinajstić information content (AvgIpc) is 2.47. The van der Waals surface area contributed by atoms with Gasteiger partial charge < -0.3 is 14.8 Å². The highest BCUT2D eigenvalue weighted by molar-refractivity contribution is 5.27. The van der Waals surface area contributed by atoms with Gasteiger partial charge >= 0.3 is 12.0 Å². The van der Waals surface area contributed by atoms with Gasteiger partial charge in [-0.15, -0.1) is 4.98 Å². The van der Waals surface area contributed by atoms with Crippen LogP contribution in [0.4, 0.5) is 5.95 Å². The Morgan fingerprint density at radius 3 is 2.14 bits per heavy atom. The lowest BCUT2D eigenvalue weighted by Crippen LogP contribution is -2.09. The van der Waals surface area contributed by atoms with Gasteiger partial charge in [-0.25, -0.2) is 0 Å². The number of hydrogen-bond acceptors (Lipinski definition) is 6. The van der Waals surface area contributed by atoms with E-state index in [9.17, 15) is 0 Å². The lowest BCUT2D eigenvalue weighted by molar-refractivity contribution is 0.263. The molecule has 1 N–H and O–H groups in total. The number of ether oxygens (including phenoxy) is 2. The van der Waals surface area contributed by atoms with Crippen LogP contribution in [0.25, 0.3) is 0 Å². The molecule has 0 aliphatic carbocycles. The van der Waals surface area contributed by atoms with Gasteiger partial charge in [0.25, 0.3) is 0 Å². The molecule has 0 aromatic carbocycles. The first kappa shape index (κ1) is 17.5. The summed E-state index contributed by atoms with van der Waals surface area (Å²) < 4.78 is 10.9. The van der Waals surface area contributed by atoms with Crippen LogP contribution in [0.3, 0.4) is 0 Å². The van der Waals surface area contributed by atoms with Crippen molar-refractivity contribution in [2.75, 3.05) is 25.1 Å². The molecule has 0 aliphatic rings. The molecule has 0 unspecified atom stereocenters. The molecule has 6 heteroatoms. The van der Waals surface area contributed by atoms with Crippen LogP contribution in [-0.4, -0.2) is 34.7 Å². The van der Waals surface area contributed by atoms with E-state index < -0.39 is 0 Å². The number of nitrogens with zero attached hydrogens (tertiary/aromatic N) is 3. The van der Waals surface area contributed by atoms with Gasteiger partial charge in [0.2, 0.25) is 5.95 Å². The summed E-state index contributed by atoms with van der Waals surface area (Å²) in [5.41, 5.74) is 0. The molecular weight excluding hydrogens is 268 g/mol. The number of hydrogen-bond donors (Lipinski definition) is 1. The van der Waals surface area contributed by atoms with Crippen molar-refractivity contribution in [1.29, 1.82) is 0 Å². The Morgan fingerprint density at radius 2 is 1.48 bits per heavy atom. The molecule has 0 saturated heterocycles. The molecule has 1 aromatic heterocycles. The van der Waals surface area contributed by atoms with E-state index in [1.54, 1.807) is 0 Å². The Hall–Kier alpha value is -1.59. The van der Waals surface area contributed by atoms with Crippen LogP contribution in [0.2, 0.25) is 0 Å². The first-order valence-electron chi connectivity index (χ1n) is 8.05. The molecule has 1 rings (SSSR count). The summed E-state index contributed by atoms with van der Waals surface area (Å²) in [4.78, 5) is 12.5. The minimum atomic E-state index is 0.307. The third-order valence-electron chi connectivity index (χ3n) is 2.93. The molecule has 0 fully saturated rings. The molecule has 1 aromatic rings. The number of rotatable bonds is 12.